The van der Waals surface area contributed by atoms with Gasteiger partial charge in [0.15, 0.2) is 11.5 Å². The molecule has 0 spiro atoms. The second-order valence-corrected chi connectivity index (χ2v) is 11.9. The van der Waals surface area contributed by atoms with E-state index in [1.165, 1.54) is 35.2 Å². The van der Waals surface area contributed by atoms with Crippen molar-refractivity contribution in [2.24, 2.45) is 0 Å². The van der Waals surface area contributed by atoms with Crippen LogP contribution in [0.2, 0.25) is 0 Å². The number of carbonyl (C=O) groups is 2. The van der Waals surface area contributed by atoms with E-state index in [1.54, 1.807) is 6.92 Å². The molecular weight excluding hydrogens is 561 g/mol. The van der Waals surface area contributed by atoms with Crippen molar-refractivity contribution in [2.45, 2.75) is 57.1 Å². The summed E-state index contributed by atoms with van der Waals surface area (Å²) in [4.78, 5) is 28.7. The number of hydrogen-bond donors (Lipinski definition) is 1. The summed E-state index contributed by atoms with van der Waals surface area (Å²) in [6, 6.07) is 17.3. The van der Waals surface area contributed by atoms with Crippen molar-refractivity contribution in [2.75, 3.05) is 24.1 Å². The Morgan fingerprint density at radius 1 is 0.929 bits per heavy atom. The number of sulfonamides is 1. The van der Waals surface area contributed by atoms with Crippen molar-refractivity contribution in [3.8, 4) is 11.5 Å². The second-order valence-electron chi connectivity index (χ2n) is 10.0. The van der Waals surface area contributed by atoms with Gasteiger partial charge in [-0.15, -0.1) is 0 Å². The van der Waals surface area contributed by atoms with Crippen LogP contribution in [0.15, 0.2) is 77.7 Å². The molecule has 0 radical (unpaired) electrons. The Hall–Kier alpha value is -4.12. The minimum absolute atomic E-state index is 0.0907. The highest BCUT2D eigenvalue weighted by atomic mass is 32.2. The lowest BCUT2D eigenvalue weighted by molar-refractivity contribution is -0.140. The number of fused-ring (bicyclic) bond motifs is 1. The van der Waals surface area contributed by atoms with Gasteiger partial charge in [-0.1, -0.05) is 44.2 Å². The smallest absolute Gasteiger partial charge is 0.264 e. The zero-order valence-corrected chi connectivity index (χ0v) is 24.8. The van der Waals surface area contributed by atoms with Crippen molar-refractivity contribution >= 4 is 27.5 Å². The number of carbonyl (C=O) groups excluding carboxylic acids is 2. The van der Waals surface area contributed by atoms with Crippen LogP contribution < -0.4 is 19.1 Å². The van der Waals surface area contributed by atoms with E-state index in [0.717, 1.165) is 22.0 Å². The van der Waals surface area contributed by atoms with Crippen LogP contribution in [0.1, 0.15) is 39.2 Å². The van der Waals surface area contributed by atoms with E-state index in [4.69, 9.17) is 9.47 Å². The standard InChI is InChI=1S/C31H36FN3O6S/c1-4-22(3)33-31(37)27(5-2)34(20-23-9-7-6-8-10-23)30(36)21-35(25-13-11-24(32)12-14-25)42(38,39)26-15-16-28-29(19-26)41-18-17-40-28/h6-16,19,22,27H,4-5,17-18,20-21H2,1-3H3,(H,33,37). The fourth-order valence-electron chi connectivity index (χ4n) is 4.59. The minimum Gasteiger partial charge on any atom is -0.486 e. The summed E-state index contributed by atoms with van der Waals surface area (Å²) >= 11 is 0. The van der Waals surface area contributed by atoms with Gasteiger partial charge in [-0.25, -0.2) is 12.8 Å². The van der Waals surface area contributed by atoms with Crippen molar-refractivity contribution in [3.63, 3.8) is 0 Å². The van der Waals surface area contributed by atoms with Gasteiger partial charge in [0.1, 0.15) is 31.6 Å². The van der Waals surface area contributed by atoms with E-state index in [1.807, 2.05) is 44.2 Å². The Balaban J connectivity index is 1.73. The molecule has 1 aliphatic rings. The van der Waals surface area contributed by atoms with Gasteiger partial charge in [0.25, 0.3) is 10.0 Å². The minimum atomic E-state index is -4.35. The molecule has 4 rings (SSSR count). The average molecular weight is 598 g/mol. The van der Waals surface area contributed by atoms with Gasteiger partial charge < -0.3 is 19.7 Å². The number of amides is 2. The van der Waals surface area contributed by atoms with E-state index in [9.17, 15) is 22.4 Å². The number of nitrogens with one attached hydrogen (secondary N) is 1. The molecule has 0 bridgehead atoms. The lowest BCUT2D eigenvalue weighted by Crippen LogP contribution is -2.53. The van der Waals surface area contributed by atoms with Crippen molar-refractivity contribution < 1.29 is 31.9 Å². The maximum atomic E-state index is 14.1. The fraction of sp³-hybridized carbons (Fsp3) is 0.355. The first kappa shape index (κ1) is 30.8. The van der Waals surface area contributed by atoms with Gasteiger partial charge in [-0.2, -0.15) is 0 Å². The van der Waals surface area contributed by atoms with Gasteiger partial charge >= 0.3 is 0 Å². The molecule has 0 aromatic heterocycles. The monoisotopic (exact) mass is 597 g/mol. The number of ether oxygens (including phenoxy) is 2. The molecule has 1 aliphatic heterocycles. The summed E-state index contributed by atoms with van der Waals surface area (Å²) in [6.45, 7) is 5.70. The van der Waals surface area contributed by atoms with Gasteiger partial charge in [-0.05, 0) is 61.7 Å². The number of rotatable bonds is 12. The third-order valence-electron chi connectivity index (χ3n) is 7.08. The molecular formula is C31H36FN3O6S. The maximum absolute atomic E-state index is 14.1. The Bertz CT molecular complexity index is 1480. The topological polar surface area (TPSA) is 105 Å². The molecule has 1 heterocycles. The van der Waals surface area contributed by atoms with Crippen LogP contribution in [-0.4, -0.2) is 57.0 Å². The molecule has 2 unspecified atom stereocenters. The van der Waals surface area contributed by atoms with Crippen LogP contribution in [-0.2, 0) is 26.2 Å². The molecule has 3 aromatic carbocycles. The van der Waals surface area contributed by atoms with Crippen molar-refractivity contribution in [1.82, 2.24) is 10.2 Å². The first-order valence-corrected chi connectivity index (χ1v) is 15.4. The molecule has 0 aliphatic carbocycles. The summed E-state index contributed by atoms with van der Waals surface area (Å²) in [7, 11) is -4.35. The molecule has 3 aromatic rings. The summed E-state index contributed by atoms with van der Waals surface area (Å²) in [5.74, 6) is -0.780. The van der Waals surface area contributed by atoms with Gasteiger partial charge in [0.2, 0.25) is 11.8 Å². The summed E-state index contributed by atoms with van der Waals surface area (Å²) in [5.41, 5.74) is 0.875. The molecule has 0 fully saturated rings. The van der Waals surface area contributed by atoms with E-state index >= 15 is 0 Å². The largest absolute Gasteiger partial charge is 0.486 e. The predicted molar refractivity (Wildman–Crippen MR) is 157 cm³/mol. The molecule has 42 heavy (non-hydrogen) atoms. The van der Waals surface area contributed by atoms with E-state index in [2.05, 4.69) is 5.32 Å². The van der Waals surface area contributed by atoms with Crippen LogP contribution in [0.5, 0.6) is 11.5 Å². The molecule has 224 valence electrons. The van der Waals surface area contributed by atoms with E-state index in [-0.39, 0.29) is 41.4 Å². The van der Waals surface area contributed by atoms with Crippen LogP contribution >= 0.6 is 0 Å². The number of benzene rings is 3. The molecule has 0 saturated carbocycles. The fourth-order valence-corrected chi connectivity index (χ4v) is 6.02. The van der Waals surface area contributed by atoms with Crippen LogP contribution in [0, 0.1) is 5.82 Å². The third-order valence-corrected chi connectivity index (χ3v) is 8.85. The molecule has 9 nitrogen and oxygen atoms in total. The van der Waals surface area contributed by atoms with Crippen molar-refractivity contribution in [3.05, 3.63) is 84.2 Å². The van der Waals surface area contributed by atoms with E-state index in [0.29, 0.717) is 25.2 Å². The normalized spacial score (nSPS) is 14.0. The Morgan fingerprint density at radius 2 is 1.60 bits per heavy atom. The van der Waals surface area contributed by atoms with E-state index < -0.39 is 34.3 Å². The van der Waals surface area contributed by atoms with Gasteiger partial charge in [0.05, 0.1) is 10.6 Å². The summed E-state index contributed by atoms with van der Waals surface area (Å²) in [5, 5.41) is 2.95. The number of hydrogen-bond acceptors (Lipinski definition) is 6. The number of anilines is 1. The summed E-state index contributed by atoms with van der Waals surface area (Å²) in [6.07, 6.45) is 1.02. The van der Waals surface area contributed by atoms with Gasteiger partial charge in [-0.3, -0.25) is 13.9 Å². The number of halogens is 1. The highest BCUT2D eigenvalue weighted by Crippen LogP contribution is 2.34. The SMILES string of the molecule is CCC(C)NC(=O)C(CC)N(Cc1ccccc1)C(=O)CN(c1ccc(F)cc1)S(=O)(=O)c1ccc2c(c1)OCCO2. The molecule has 2 atom stereocenters. The third kappa shape index (κ3) is 7.20. The highest BCUT2D eigenvalue weighted by Gasteiger charge is 2.34. The Labute approximate surface area is 246 Å². The van der Waals surface area contributed by atoms with Crippen LogP contribution in [0.4, 0.5) is 10.1 Å². The first-order chi connectivity index (χ1) is 20.1. The molecule has 11 heteroatoms. The highest BCUT2D eigenvalue weighted by molar-refractivity contribution is 7.92. The Morgan fingerprint density at radius 3 is 2.24 bits per heavy atom. The van der Waals surface area contributed by atoms with Gasteiger partial charge in [0, 0.05) is 18.7 Å². The first-order valence-electron chi connectivity index (χ1n) is 14.0. The summed E-state index contributed by atoms with van der Waals surface area (Å²) < 4.78 is 54.0. The number of nitrogens with zero attached hydrogens (tertiary/aromatic N) is 2. The Kier molecular flexibility index (Phi) is 10.1. The zero-order valence-electron chi connectivity index (χ0n) is 24.0. The lowest BCUT2D eigenvalue weighted by Gasteiger charge is -2.33. The molecule has 1 N–H and O–H groups in total. The van der Waals surface area contributed by atoms with Crippen LogP contribution in [0.3, 0.4) is 0 Å². The molecule has 2 amide bonds. The molecule has 0 saturated heterocycles. The maximum Gasteiger partial charge on any atom is 0.264 e. The average Bonchev–Trinajstić information content (AvgIpc) is 3.00. The van der Waals surface area contributed by atoms with Crippen LogP contribution in [0.25, 0.3) is 0 Å². The second kappa shape index (κ2) is 13.7. The van der Waals surface area contributed by atoms with Crippen molar-refractivity contribution in [1.29, 1.82) is 0 Å². The zero-order chi connectivity index (χ0) is 30.3. The quantitative estimate of drug-likeness (QED) is 0.329. The predicted octanol–water partition coefficient (Wildman–Crippen LogP) is 4.51. The lowest BCUT2D eigenvalue weighted by atomic mass is 10.1.